The number of amides is 2. The van der Waals surface area contributed by atoms with E-state index in [1.54, 1.807) is 24.5 Å². The Morgan fingerprint density at radius 1 is 1.15 bits per heavy atom. The average Bonchev–Trinajstić information content (AvgIpc) is 3.69. The molecule has 1 aliphatic carbocycles. The number of fused-ring (bicyclic) bond motifs is 1. The second kappa shape index (κ2) is 14.6. The molecule has 0 spiro atoms. The highest BCUT2D eigenvalue weighted by atomic mass is 35.5. The van der Waals surface area contributed by atoms with Gasteiger partial charge in [-0.05, 0) is 64.3 Å². The Hall–Kier alpha value is -3.28. The number of ether oxygens (including phenoxy) is 1. The van der Waals surface area contributed by atoms with Gasteiger partial charge in [0.1, 0.15) is 11.4 Å². The minimum absolute atomic E-state index is 0.0463. The number of terminal acetylenes is 1. The Balaban J connectivity index is 0.000000507. The highest BCUT2D eigenvalue weighted by molar-refractivity contribution is 6.35. The number of nitrogens with zero attached hydrogens (tertiary/aromatic N) is 3. The monoisotopic (exact) mass is 601 g/mol. The molecule has 8 nitrogen and oxygen atoms in total. The van der Waals surface area contributed by atoms with Gasteiger partial charge in [0.05, 0.1) is 23.0 Å². The fourth-order valence-corrected chi connectivity index (χ4v) is 5.34. The maximum Gasteiger partial charge on any atom is 0.231 e. The van der Waals surface area contributed by atoms with Gasteiger partial charge in [0.2, 0.25) is 11.8 Å². The van der Waals surface area contributed by atoms with Crippen LogP contribution < -0.4 is 15.8 Å². The normalized spacial score (nSPS) is 22.8. The lowest BCUT2D eigenvalue weighted by atomic mass is 9.89. The summed E-state index contributed by atoms with van der Waals surface area (Å²) in [6.45, 7) is 12.1. The van der Waals surface area contributed by atoms with E-state index in [1.165, 1.54) is 4.90 Å². The first-order valence-electron chi connectivity index (χ1n) is 13.7. The first-order chi connectivity index (χ1) is 19.3. The van der Waals surface area contributed by atoms with Crippen LogP contribution >= 0.6 is 23.2 Å². The summed E-state index contributed by atoms with van der Waals surface area (Å²) in [4.78, 5) is 35.2. The van der Waals surface area contributed by atoms with E-state index in [-0.39, 0.29) is 35.7 Å². The van der Waals surface area contributed by atoms with Crippen LogP contribution in [0.3, 0.4) is 0 Å². The third-order valence-corrected chi connectivity index (χ3v) is 7.12. The second-order valence-corrected chi connectivity index (χ2v) is 11.9. The number of aromatic nitrogens is 1. The Kier molecular flexibility index (Phi) is 12.0. The molecule has 1 saturated carbocycles. The van der Waals surface area contributed by atoms with Crippen LogP contribution in [0.25, 0.3) is 0 Å². The summed E-state index contributed by atoms with van der Waals surface area (Å²) < 4.78 is 6.04. The zero-order valence-electron chi connectivity index (χ0n) is 24.7. The van der Waals surface area contributed by atoms with Gasteiger partial charge in [0.25, 0.3) is 0 Å². The van der Waals surface area contributed by atoms with Crippen LogP contribution in [0.5, 0.6) is 5.75 Å². The number of carbonyl (C=O) groups is 2. The van der Waals surface area contributed by atoms with Gasteiger partial charge in [0.15, 0.2) is 5.96 Å². The van der Waals surface area contributed by atoms with Crippen molar-refractivity contribution in [2.24, 2.45) is 22.6 Å². The highest BCUT2D eigenvalue weighted by Crippen LogP contribution is 2.46. The van der Waals surface area contributed by atoms with Crippen LogP contribution in [0.4, 0.5) is 0 Å². The number of aliphatic imine (C=N–C) groups is 1. The van der Waals surface area contributed by atoms with E-state index in [0.717, 1.165) is 5.56 Å². The predicted octanol–water partition coefficient (Wildman–Crippen LogP) is 6.03. The second-order valence-electron chi connectivity index (χ2n) is 11.0. The number of nitrogens with two attached hydrogens (primary N) is 1. The fourth-order valence-electron chi connectivity index (χ4n) is 4.79. The Bertz CT molecular complexity index is 1220. The van der Waals surface area contributed by atoms with Crippen molar-refractivity contribution in [3.05, 3.63) is 58.3 Å². The topological polar surface area (TPSA) is 110 Å². The van der Waals surface area contributed by atoms with Crippen molar-refractivity contribution in [3.63, 3.8) is 0 Å². The summed E-state index contributed by atoms with van der Waals surface area (Å²) in [7, 11) is 0. The van der Waals surface area contributed by atoms with Gasteiger partial charge in [-0.15, -0.1) is 12.8 Å². The van der Waals surface area contributed by atoms with Crippen molar-refractivity contribution < 1.29 is 14.3 Å². The molecular formula is C31H41Cl2N5O3. The molecule has 5 rings (SSSR count). The Morgan fingerprint density at radius 2 is 1.78 bits per heavy atom. The number of pyridine rings is 1. The van der Waals surface area contributed by atoms with Crippen molar-refractivity contribution in [1.82, 2.24) is 15.2 Å². The van der Waals surface area contributed by atoms with Gasteiger partial charge in [-0.1, -0.05) is 43.1 Å². The van der Waals surface area contributed by atoms with Crippen LogP contribution in [0, 0.1) is 24.7 Å². The molecule has 3 heterocycles. The Labute approximate surface area is 254 Å². The molecule has 41 heavy (non-hydrogen) atoms. The molecule has 1 aromatic heterocycles. The molecule has 0 saturated heterocycles. The van der Waals surface area contributed by atoms with E-state index >= 15 is 0 Å². The molecular weight excluding hydrogens is 561 g/mol. The molecule has 222 valence electrons. The van der Waals surface area contributed by atoms with Gasteiger partial charge in [-0.25, -0.2) is 4.99 Å². The number of hydrogen-bond donors (Lipinski definition) is 2. The van der Waals surface area contributed by atoms with Gasteiger partial charge >= 0.3 is 0 Å². The number of rotatable bonds is 4. The summed E-state index contributed by atoms with van der Waals surface area (Å²) in [6, 6.07) is 8.89. The molecule has 0 radical (unpaired) electrons. The van der Waals surface area contributed by atoms with Crippen LogP contribution in [0.15, 0.2) is 47.7 Å². The summed E-state index contributed by atoms with van der Waals surface area (Å²) in [5.41, 5.74) is 5.84. The molecule has 3 N–H and O–H groups in total. The molecule has 3 atom stereocenters. The number of halogens is 2. The lowest BCUT2D eigenvalue weighted by Crippen LogP contribution is -2.50. The van der Waals surface area contributed by atoms with E-state index in [9.17, 15) is 9.59 Å². The standard InChI is InChI=1S/C22H28Cl2N4O3.C5H5N.C2H6.C2H2/c1-21(2)9-17(29)28(20(25)27-21)10-11-5-13(11)19(30)26-16-8-22(3,4)31-18-14(16)6-12(23)7-15(18)24;1-2-4-6-5-3-1;2*1-2/h6-7,11,13,16H,5,8-10H2,1-4H3,(H2,25,27)(H,26,30);1-5H;1-2H3;1-2H/t11-,13?,16+;;;/m1.../s1. The third kappa shape index (κ3) is 9.37. The third-order valence-electron chi connectivity index (χ3n) is 6.62. The summed E-state index contributed by atoms with van der Waals surface area (Å²) in [5, 5.41) is 4.08. The van der Waals surface area contributed by atoms with E-state index in [0.29, 0.717) is 41.6 Å². The molecule has 1 unspecified atom stereocenters. The average molecular weight is 603 g/mol. The molecule has 3 aliphatic rings. The molecule has 10 heteroatoms. The molecule has 2 amide bonds. The van der Waals surface area contributed by atoms with Gasteiger partial charge < -0.3 is 15.8 Å². The summed E-state index contributed by atoms with van der Waals surface area (Å²) in [6.07, 6.45) is 13.1. The minimum Gasteiger partial charge on any atom is -0.486 e. The molecule has 2 aliphatic heterocycles. The number of nitrogens with one attached hydrogen (secondary N) is 1. The SMILES string of the molecule is C#C.CC.CC1(C)CC(=O)N(C[C@H]2CC2C(=O)N[C@H]2CC(C)(C)Oc3c(Cl)cc(Cl)cc32)C(N)=N1.c1ccncc1. The first kappa shape index (κ1) is 33.9. The van der Waals surface area contributed by atoms with Crippen molar-refractivity contribution >= 4 is 41.0 Å². The fraction of sp³-hybridized carbons (Fsp3) is 0.484. The Morgan fingerprint density at radius 3 is 2.32 bits per heavy atom. The number of guanidine groups is 1. The zero-order chi connectivity index (χ0) is 31.0. The minimum atomic E-state index is -0.483. The quantitative estimate of drug-likeness (QED) is 0.416. The van der Waals surface area contributed by atoms with Gasteiger partial charge in [-0.3, -0.25) is 19.5 Å². The summed E-state index contributed by atoms with van der Waals surface area (Å²) in [5.74, 6) is 0.596. The maximum absolute atomic E-state index is 13.0. The highest BCUT2D eigenvalue weighted by Gasteiger charge is 2.47. The van der Waals surface area contributed by atoms with Crippen LogP contribution in [-0.2, 0) is 9.59 Å². The van der Waals surface area contributed by atoms with Gasteiger partial charge in [0, 0.05) is 41.9 Å². The molecule has 1 fully saturated rings. The lowest BCUT2D eigenvalue weighted by Gasteiger charge is -2.38. The first-order valence-corrected chi connectivity index (χ1v) is 14.4. The van der Waals surface area contributed by atoms with E-state index < -0.39 is 11.1 Å². The number of benzene rings is 1. The van der Waals surface area contributed by atoms with Crippen molar-refractivity contribution in [2.45, 2.75) is 78.0 Å². The van der Waals surface area contributed by atoms with Crippen LogP contribution in [0.1, 0.15) is 72.4 Å². The smallest absolute Gasteiger partial charge is 0.231 e. The number of hydrogen-bond acceptors (Lipinski definition) is 6. The van der Waals surface area contributed by atoms with Gasteiger partial charge in [-0.2, -0.15) is 0 Å². The van der Waals surface area contributed by atoms with E-state index in [1.807, 2.05) is 59.7 Å². The van der Waals surface area contributed by atoms with E-state index in [2.05, 4.69) is 28.1 Å². The van der Waals surface area contributed by atoms with Crippen molar-refractivity contribution in [2.75, 3.05) is 6.54 Å². The predicted molar refractivity (Wildman–Crippen MR) is 166 cm³/mol. The maximum atomic E-state index is 13.0. The largest absolute Gasteiger partial charge is 0.486 e. The number of carbonyl (C=O) groups excluding carboxylic acids is 2. The van der Waals surface area contributed by atoms with E-state index in [4.69, 9.17) is 33.7 Å². The summed E-state index contributed by atoms with van der Waals surface area (Å²) >= 11 is 12.5. The zero-order valence-corrected chi connectivity index (χ0v) is 26.2. The molecule has 0 bridgehead atoms. The lowest BCUT2D eigenvalue weighted by molar-refractivity contribution is -0.130. The van der Waals surface area contributed by atoms with Crippen LogP contribution in [-0.4, -0.2) is 45.3 Å². The van der Waals surface area contributed by atoms with Crippen molar-refractivity contribution in [3.8, 4) is 18.6 Å². The molecule has 1 aromatic carbocycles. The molecule has 2 aromatic rings. The van der Waals surface area contributed by atoms with Crippen molar-refractivity contribution in [1.29, 1.82) is 0 Å². The van der Waals surface area contributed by atoms with Crippen LogP contribution in [0.2, 0.25) is 10.0 Å².